The van der Waals surface area contributed by atoms with Gasteiger partial charge in [0.05, 0.1) is 6.42 Å². The number of H-pyrrole nitrogens is 1. The van der Waals surface area contributed by atoms with E-state index in [-0.39, 0.29) is 17.8 Å². The van der Waals surface area contributed by atoms with Crippen molar-refractivity contribution in [3.05, 3.63) is 16.4 Å². The number of hydrogen-bond donors (Lipinski definition) is 4. The Morgan fingerprint density at radius 1 is 1.69 bits per heavy atom. The Morgan fingerprint density at radius 2 is 2.44 bits per heavy atom. The van der Waals surface area contributed by atoms with Crippen molar-refractivity contribution in [2.75, 3.05) is 11.5 Å². The van der Waals surface area contributed by atoms with E-state index in [1.807, 2.05) is 0 Å². The summed E-state index contributed by atoms with van der Waals surface area (Å²) in [6.45, 7) is 0. The number of aromatic amines is 1. The van der Waals surface area contributed by atoms with Crippen LogP contribution < -0.4 is 22.7 Å². The van der Waals surface area contributed by atoms with Crippen LogP contribution in [0, 0.1) is 0 Å². The molecule has 1 rings (SSSR count). The molecular formula is C7H11N5O3S. The normalized spacial score (nSPS) is 10.1. The van der Waals surface area contributed by atoms with E-state index in [0.717, 1.165) is 0 Å². The number of nitrogens with two attached hydrogens (primary N) is 2. The number of anilines is 1. The fraction of sp³-hybridized carbons (Fsp3) is 0.286. The second-order valence-electron chi connectivity index (χ2n) is 2.67. The first-order valence-electron chi connectivity index (χ1n) is 4.26. The van der Waals surface area contributed by atoms with Crippen LogP contribution in [0.3, 0.4) is 0 Å². The first-order chi connectivity index (χ1) is 7.61. The molecule has 6 N–H and O–H groups in total. The van der Waals surface area contributed by atoms with Crippen LogP contribution >= 0.6 is 11.8 Å². The fourth-order valence-electron chi connectivity index (χ4n) is 0.869. The minimum absolute atomic E-state index is 0.132. The molecule has 88 valence electrons. The van der Waals surface area contributed by atoms with Gasteiger partial charge in [-0.15, -0.1) is 0 Å². The van der Waals surface area contributed by atoms with Crippen LogP contribution in [0.15, 0.2) is 16.0 Å². The summed E-state index contributed by atoms with van der Waals surface area (Å²) in [5.74, 6) is 4.81. The molecule has 0 spiro atoms. The quantitative estimate of drug-likeness (QED) is 0.219. The molecular weight excluding hydrogens is 234 g/mol. The molecule has 0 aromatic carbocycles. The lowest BCUT2D eigenvalue weighted by atomic mass is 10.5. The van der Waals surface area contributed by atoms with Crippen LogP contribution in [0.25, 0.3) is 0 Å². The molecule has 0 aliphatic carbocycles. The second-order valence-corrected chi connectivity index (χ2v) is 3.75. The third-order valence-corrected chi connectivity index (χ3v) is 2.33. The summed E-state index contributed by atoms with van der Waals surface area (Å²) >= 11 is 1.19. The molecule has 0 saturated carbocycles. The maximum absolute atomic E-state index is 11.0. The average Bonchev–Trinajstić information content (AvgIpc) is 2.16. The van der Waals surface area contributed by atoms with Crippen LogP contribution in [0.5, 0.6) is 0 Å². The van der Waals surface area contributed by atoms with Crippen molar-refractivity contribution in [2.45, 2.75) is 11.6 Å². The molecule has 8 nitrogen and oxygen atoms in total. The average molecular weight is 245 g/mol. The molecule has 9 heteroatoms. The van der Waals surface area contributed by atoms with Crippen LogP contribution in [0.2, 0.25) is 0 Å². The number of nitrogen functional groups attached to an aromatic ring is 1. The van der Waals surface area contributed by atoms with E-state index < -0.39 is 5.97 Å². The van der Waals surface area contributed by atoms with E-state index in [1.54, 1.807) is 5.59 Å². The topological polar surface area (TPSA) is 136 Å². The van der Waals surface area contributed by atoms with E-state index >= 15 is 0 Å². The van der Waals surface area contributed by atoms with Crippen molar-refractivity contribution in [1.29, 1.82) is 0 Å². The fourth-order valence-corrected chi connectivity index (χ4v) is 1.67. The van der Waals surface area contributed by atoms with Gasteiger partial charge >= 0.3 is 5.97 Å². The Kier molecular flexibility index (Phi) is 4.76. The van der Waals surface area contributed by atoms with E-state index in [2.05, 4.69) is 14.8 Å². The predicted molar refractivity (Wildman–Crippen MR) is 58.0 cm³/mol. The summed E-state index contributed by atoms with van der Waals surface area (Å²) in [6.07, 6.45) is 0.132. The Labute approximate surface area is 94.7 Å². The van der Waals surface area contributed by atoms with Gasteiger partial charge in [-0.2, -0.15) is 0 Å². The molecule has 1 aromatic heterocycles. The van der Waals surface area contributed by atoms with Crippen LogP contribution in [-0.4, -0.2) is 21.7 Å². The monoisotopic (exact) mass is 245 g/mol. The molecule has 0 unspecified atom stereocenters. The molecule has 0 aliphatic rings. The molecule has 0 fully saturated rings. The van der Waals surface area contributed by atoms with Crippen molar-refractivity contribution < 1.29 is 9.63 Å². The van der Waals surface area contributed by atoms with Crippen LogP contribution in [0.1, 0.15) is 6.42 Å². The van der Waals surface area contributed by atoms with Crippen molar-refractivity contribution in [2.24, 2.45) is 5.84 Å². The molecule has 0 aliphatic heterocycles. The van der Waals surface area contributed by atoms with Gasteiger partial charge in [0.2, 0.25) is 0 Å². The van der Waals surface area contributed by atoms with Gasteiger partial charge in [0.25, 0.3) is 5.56 Å². The molecule has 0 amide bonds. The first-order valence-corrected chi connectivity index (χ1v) is 5.25. The molecule has 0 bridgehead atoms. The number of hydrogen-bond acceptors (Lipinski definition) is 8. The van der Waals surface area contributed by atoms with Crippen molar-refractivity contribution in [1.82, 2.24) is 15.6 Å². The largest absolute Gasteiger partial charge is 0.383 e. The Morgan fingerprint density at radius 3 is 3.06 bits per heavy atom. The molecule has 16 heavy (non-hydrogen) atoms. The van der Waals surface area contributed by atoms with Gasteiger partial charge in [-0.25, -0.2) is 10.8 Å². The maximum atomic E-state index is 11.0. The first kappa shape index (κ1) is 12.5. The van der Waals surface area contributed by atoms with Crippen molar-refractivity contribution >= 4 is 23.5 Å². The lowest BCUT2D eigenvalue weighted by Gasteiger charge is -2.01. The van der Waals surface area contributed by atoms with Crippen LogP contribution in [0.4, 0.5) is 5.82 Å². The van der Waals surface area contributed by atoms with Crippen LogP contribution in [-0.2, 0) is 9.63 Å². The number of hydrazine groups is 1. The smallest absolute Gasteiger partial charge is 0.327 e. The minimum Gasteiger partial charge on any atom is -0.383 e. The number of aromatic nitrogens is 2. The lowest BCUT2D eigenvalue weighted by Crippen LogP contribution is -2.26. The van der Waals surface area contributed by atoms with Gasteiger partial charge < -0.3 is 15.6 Å². The van der Waals surface area contributed by atoms with E-state index in [9.17, 15) is 9.59 Å². The standard InChI is InChI=1S/C7H11N5O3S/c8-4-3-5(13)11-7(10-4)16-2-1-6(14)15-12-9/h3,12H,1-2,9H2,(H3,8,10,11,13). The lowest BCUT2D eigenvalue weighted by molar-refractivity contribution is -0.150. The third-order valence-electron chi connectivity index (χ3n) is 1.46. The van der Waals surface area contributed by atoms with Gasteiger partial charge in [-0.3, -0.25) is 9.59 Å². The number of nitrogens with zero attached hydrogens (tertiary/aromatic N) is 1. The Bertz CT molecular complexity index is 421. The van der Waals surface area contributed by atoms with Gasteiger partial charge in [-0.05, 0) is 0 Å². The highest BCUT2D eigenvalue weighted by molar-refractivity contribution is 7.99. The number of thioether (sulfide) groups is 1. The summed E-state index contributed by atoms with van der Waals surface area (Å²) in [4.78, 5) is 32.5. The molecule has 1 aromatic rings. The highest BCUT2D eigenvalue weighted by Gasteiger charge is 2.04. The number of rotatable bonds is 5. The zero-order valence-electron chi connectivity index (χ0n) is 8.23. The molecule has 0 atom stereocenters. The summed E-state index contributed by atoms with van der Waals surface area (Å²) < 4.78 is 0. The zero-order valence-corrected chi connectivity index (χ0v) is 9.04. The second kappa shape index (κ2) is 6.10. The summed E-state index contributed by atoms with van der Waals surface area (Å²) in [7, 11) is 0. The minimum atomic E-state index is -0.499. The third kappa shape index (κ3) is 4.29. The zero-order chi connectivity index (χ0) is 12.0. The summed E-state index contributed by atoms with van der Waals surface area (Å²) in [5, 5.41) is 0.360. The number of carbonyl (C=O) groups excluding carboxylic acids is 1. The molecule has 0 saturated heterocycles. The maximum Gasteiger partial charge on any atom is 0.327 e. The van der Waals surface area contributed by atoms with E-state index in [1.165, 1.54) is 17.8 Å². The Hall–Kier alpha value is -1.58. The molecule has 1 heterocycles. The highest BCUT2D eigenvalue weighted by atomic mass is 32.2. The highest BCUT2D eigenvalue weighted by Crippen LogP contribution is 2.12. The van der Waals surface area contributed by atoms with E-state index in [4.69, 9.17) is 11.6 Å². The summed E-state index contributed by atoms with van der Waals surface area (Å²) in [6, 6.07) is 1.18. The predicted octanol–water partition coefficient (Wildman–Crippen LogP) is -1.24. The molecule has 0 radical (unpaired) electrons. The van der Waals surface area contributed by atoms with Gasteiger partial charge in [-0.1, -0.05) is 17.4 Å². The van der Waals surface area contributed by atoms with Crippen molar-refractivity contribution in [3.8, 4) is 0 Å². The van der Waals surface area contributed by atoms with Gasteiger partial charge in [0.15, 0.2) is 5.16 Å². The summed E-state index contributed by atoms with van der Waals surface area (Å²) in [5.41, 5.74) is 6.83. The Balaban J connectivity index is 2.43. The number of carbonyl (C=O) groups is 1. The van der Waals surface area contributed by atoms with E-state index in [0.29, 0.717) is 10.9 Å². The van der Waals surface area contributed by atoms with Crippen molar-refractivity contribution in [3.63, 3.8) is 0 Å². The van der Waals surface area contributed by atoms with Gasteiger partial charge in [0, 0.05) is 11.8 Å². The van der Waals surface area contributed by atoms with Gasteiger partial charge in [0.1, 0.15) is 5.82 Å². The number of nitrogens with one attached hydrogen (secondary N) is 2. The SMILES string of the molecule is NNOC(=O)CCSc1nc(N)cc(=O)[nH]1.